The number of carbonyl (C=O) groups is 2. The van der Waals surface area contributed by atoms with E-state index in [1.54, 1.807) is 24.3 Å². The van der Waals surface area contributed by atoms with Gasteiger partial charge in [0.05, 0.1) is 13.1 Å². The monoisotopic (exact) mass is 402 g/mol. The topological polar surface area (TPSA) is 107 Å². The summed E-state index contributed by atoms with van der Waals surface area (Å²) in [6.07, 6.45) is 2.41. The Labute approximate surface area is 174 Å². The second-order valence-electron chi connectivity index (χ2n) is 6.78. The lowest BCUT2D eigenvalue weighted by atomic mass is 10.2. The minimum absolute atomic E-state index is 0.380. The highest BCUT2D eigenvalue weighted by Crippen LogP contribution is 2.12. The molecule has 0 fully saturated rings. The number of nitrogens with zero attached hydrogens (tertiary/aromatic N) is 2. The molecule has 2 aromatic rings. The van der Waals surface area contributed by atoms with Crippen LogP contribution in [0, 0.1) is 0 Å². The predicted octanol–water partition coefficient (Wildman–Crippen LogP) is 1.52. The van der Waals surface area contributed by atoms with Crippen LogP contribution in [0.15, 0.2) is 70.7 Å². The first-order valence-corrected chi connectivity index (χ1v) is 9.75. The number of benzene rings is 2. The van der Waals surface area contributed by atoms with Gasteiger partial charge in [0.1, 0.15) is 11.7 Å². The highest BCUT2D eigenvalue weighted by Gasteiger charge is 2.09. The van der Waals surface area contributed by atoms with E-state index in [0.717, 1.165) is 49.0 Å². The van der Waals surface area contributed by atoms with Crippen LogP contribution >= 0.6 is 0 Å². The smallest absolute Gasteiger partial charge is 0.248 e. The largest absolute Gasteiger partial charge is 0.368 e. The van der Waals surface area contributed by atoms with Crippen LogP contribution in [0.1, 0.15) is 11.1 Å². The molecule has 0 atom stereocenters. The number of rotatable bonds is 6. The molecule has 0 unspecified atom stereocenters. The first-order valence-electron chi connectivity index (χ1n) is 9.75. The number of amides is 2. The van der Waals surface area contributed by atoms with Crippen LogP contribution in [0.4, 0.5) is 11.4 Å². The number of anilines is 2. The van der Waals surface area contributed by atoms with Crippen molar-refractivity contribution in [2.45, 2.75) is 0 Å². The van der Waals surface area contributed by atoms with E-state index in [9.17, 15) is 9.59 Å². The third-order valence-corrected chi connectivity index (χ3v) is 4.59. The van der Waals surface area contributed by atoms with Crippen molar-refractivity contribution in [3.05, 3.63) is 71.8 Å². The van der Waals surface area contributed by atoms with E-state index in [2.05, 4.69) is 31.3 Å². The zero-order chi connectivity index (χ0) is 20.8. The maximum Gasteiger partial charge on any atom is 0.248 e. The number of nitrogens with one attached hydrogen (secondary N) is 4. The number of hydrogen-bond donors (Lipinski definition) is 4. The summed E-state index contributed by atoms with van der Waals surface area (Å²) < 4.78 is 0. The quantitative estimate of drug-likeness (QED) is 0.550. The summed E-state index contributed by atoms with van der Waals surface area (Å²) in [6, 6.07) is 14.8. The zero-order valence-corrected chi connectivity index (χ0v) is 16.3. The van der Waals surface area contributed by atoms with Crippen molar-refractivity contribution >= 4 is 34.9 Å². The van der Waals surface area contributed by atoms with Gasteiger partial charge in [-0.2, -0.15) is 0 Å². The summed E-state index contributed by atoms with van der Waals surface area (Å²) in [6.45, 7) is 3.24. The van der Waals surface area contributed by atoms with Gasteiger partial charge in [0.15, 0.2) is 0 Å². The Morgan fingerprint density at radius 2 is 1.10 bits per heavy atom. The molecular formula is C22H22N6O2. The number of amidine groups is 2. The SMILES string of the molecule is O=C(/C=C\C(=O)Nc1ccc(C2=NCCN2)cc1)Nc1ccc(C2=NCCN2)cc1. The number of aliphatic imine (C=N–C) groups is 2. The van der Waals surface area contributed by atoms with Crippen molar-refractivity contribution in [2.75, 3.05) is 36.8 Å². The molecule has 8 heteroatoms. The number of hydrogen-bond acceptors (Lipinski definition) is 6. The van der Waals surface area contributed by atoms with E-state index in [1.807, 2.05) is 24.3 Å². The fourth-order valence-electron chi connectivity index (χ4n) is 3.12. The number of carbonyl (C=O) groups excluding carboxylic acids is 2. The van der Waals surface area contributed by atoms with Crippen molar-refractivity contribution in [3.63, 3.8) is 0 Å². The van der Waals surface area contributed by atoms with Gasteiger partial charge in [-0.05, 0) is 48.5 Å². The molecule has 0 saturated carbocycles. The second kappa shape index (κ2) is 9.04. The first-order chi connectivity index (χ1) is 14.7. The van der Waals surface area contributed by atoms with Gasteiger partial charge in [-0.25, -0.2) is 0 Å². The Balaban J connectivity index is 1.27. The Hall–Kier alpha value is -3.94. The molecule has 0 spiro atoms. The van der Waals surface area contributed by atoms with E-state index in [-0.39, 0.29) is 11.8 Å². The molecule has 4 rings (SSSR count). The minimum atomic E-state index is -0.380. The van der Waals surface area contributed by atoms with Gasteiger partial charge in [0.2, 0.25) is 11.8 Å². The van der Waals surface area contributed by atoms with Crippen LogP contribution in [-0.2, 0) is 9.59 Å². The summed E-state index contributed by atoms with van der Waals surface area (Å²) >= 11 is 0. The summed E-state index contributed by atoms with van der Waals surface area (Å²) in [7, 11) is 0. The Morgan fingerprint density at radius 1 is 0.700 bits per heavy atom. The summed E-state index contributed by atoms with van der Waals surface area (Å²) in [5.41, 5.74) is 3.24. The molecule has 4 N–H and O–H groups in total. The molecule has 152 valence electrons. The molecule has 2 aromatic carbocycles. The Morgan fingerprint density at radius 3 is 1.43 bits per heavy atom. The molecule has 2 heterocycles. The fraction of sp³-hybridized carbons (Fsp3) is 0.182. The average molecular weight is 402 g/mol. The normalized spacial score (nSPS) is 15.2. The highest BCUT2D eigenvalue weighted by atomic mass is 16.2. The molecule has 0 radical (unpaired) electrons. The molecule has 0 aromatic heterocycles. The molecule has 0 aliphatic carbocycles. The zero-order valence-electron chi connectivity index (χ0n) is 16.3. The van der Waals surface area contributed by atoms with Gasteiger partial charge in [0.25, 0.3) is 0 Å². The molecule has 8 nitrogen and oxygen atoms in total. The molecule has 2 amide bonds. The average Bonchev–Trinajstić information content (AvgIpc) is 3.48. The maximum absolute atomic E-state index is 12.1. The van der Waals surface area contributed by atoms with Crippen molar-refractivity contribution in [1.29, 1.82) is 0 Å². The van der Waals surface area contributed by atoms with Gasteiger partial charge in [0, 0.05) is 47.7 Å². The van der Waals surface area contributed by atoms with Crippen LogP contribution in [-0.4, -0.2) is 49.7 Å². The summed E-state index contributed by atoms with van der Waals surface area (Å²) in [5.74, 6) is 0.972. The van der Waals surface area contributed by atoms with Crippen LogP contribution in [0.5, 0.6) is 0 Å². The molecule has 2 aliphatic heterocycles. The van der Waals surface area contributed by atoms with Crippen LogP contribution < -0.4 is 21.3 Å². The molecular weight excluding hydrogens is 380 g/mol. The van der Waals surface area contributed by atoms with E-state index >= 15 is 0 Å². The minimum Gasteiger partial charge on any atom is -0.368 e. The van der Waals surface area contributed by atoms with Gasteiger partial charge in [-0.15, -0.1) is 0 Å². The molecule has 0 saturated heterocycles. The van der Waals surface area contributed by atoms with Gasteiger partial charge in [-0.1, -0.05) is 0 Å². The third kappa shape index (κ3) is 4.91. The highest BCUT2D eigenvalue weighted by molar-refractivity contribution is 6.07. The standard InChI is InChI=1S/C22H22N6O2/c29-19(27-17-5-1-15(2-6-17)21-23-11-12-24-21)9-10-20(30)28-18-7-3-16(4-8-18)22-25-13-14-26-22/h1-10H,11-14H2,(H,23,24)(H,25,26)(H,27,29)(H,28,30)/b10-9-. The predicted molar refractivity (Wildman–Crippen MR) is 118 cm³/mol. The summed E-state index contributed by atoms with van der Waals surface area (Å²) in [5, 5.41) is 11.9. The first kappa shape index (κ1) is 19.4. The van der Waals surface area contributed by atoms with Crippen LogP contribution in [0.25, 0.3) is 0 Å². The van der Waals surface area contributed by atoms with E-state index < -0.39 is 0 Å². The third-order valence-electron chi connectivity index (χ3n) is 4.59. The second-order valence-corrected chi connectivity index (χ2v) is 6.78. The van der Waals surface area contributed by atoms with E-state index in [4.69, 9.17) is 0 Å². The lowest BCUT2D eigenvalue weighted by Gasteiger charge is -2.06. The Kier molecular flexibility index (Phi) is 5.84. The molecule has 0 bridgehead atoms. The van der Waals surface area contributed by atoms with Crippen LogP contribution in [0.3, 0.4) is 0 Å². The van der Waals surface area contributed by atoms with Crippen molar-refractivity contribution < 1.29 is 9.59 Å². The van der Waals surface area contributed by atoms with Gasteiger partial charge in [-0.3, -0.25) is 19.6 Å². The van der Waals surface area contributed by atoms with Gasteiger partial charge >= 0.3 is 0 Å². The van der Waals surface area contributed by atoms with Crippen molar-refractivity contribution in [3.8, 4) is 0 Å². The maximum atomic E-state index is 12.1. The summed E-state index contributed by atoms with van der Waals surface area (Å²) in [4.78, 5) is 32.9. The molecule has 30 heavy (non-hydrogen) atoms. The molecule has 2 aliphatic rings. The fourth-order valence-corrected chi connectivity index (χ4v) is 3.12. The van der Waals surface area contributed by atoms with E-state index in [1.165, 1.54) is 12.2 Å². The van der Waals surface area contributed by atoms with Crippen molar-refractivity contribution in [2.24, 2.45) is 9.98 Å². The van der Waals surface area contributed by atoms with Crippen molar-refractivity contribution in [1.82, 2.24) is 10.6 Å². The lowest BCUT2D eigenvalue weighted by molar-refractivity contribution is -0.114. The van der Waals surface area contributed by atoms with E-state index in [0.29, 0.717) is 11.4 Å². The van der Waals surface area contributed by atoms with Gasteiger partial charge < -0.3 is 21.3 Å². The Bertz CT molecular complexity index is 939. The van der Waals surface area contributed by atoms with Crippen LogP contribution in [0.2, 0.25) is 0 Å². The lowest BCUT2D eigenvalue weighted by Crippen LogP contribution is -2.19.